The van der Waals surface area contributed by atoms with Crippen LogP contribution in [0.4, 0.5) is 0 Å². The molecule has 38 heavy (non-hydrogen) atoms. The zero-order valence-electron chi connectivity index (χ0n) is 20.9. The van der Waals surface area contributed by atoms with Gasteiger partial charge < -0.3 is 18.5 Å². The molecule has 0 amide bonds. The summed E-state index contributed by atoms with van der Waals surface area (Å²) in [5, 5.41) is 22.0. The number of methoxy groups -OCH3 is 1. The Kier molecular flexibility index (Phi) is 6.04. The molecule has 1 aromatic carbocycles. The maximum atomic E-state index is 11.0. The molecule has 3 aliphatic rings. The third kappa shape index (κ3) is 3.64. The van der Waals surface area contributed by atoms with Crippen LogP contribution in [0.1, 0.15) is 23.0 Å². The maximum absolute atomic E-state index is 11.0. The lowest BCUT2D eigenvalue weighted by Crippen LogP contribution is -2.73. The predicted molar refractivity (Wildman–Crippen MR) is 142 cm³/mol. The van der Waals surface area contributed by atoms with Gasteiger partial charge in [0.05, 0.1) is 58.2 Å². The number of para-hydroxylation sites is 1. The first-order valence-corrected chi connectivity index (χ1v) is 12.8. The van der Waals surface area contributed by atoms with Crippen molar-refractivity contribution in [3.05, 3.63) is 78.1 Å². The highest BCUT2D eigenvalue weighted by Crippen LogP contribution is 2.59. The largest absolute Gasteiger partial charge is 0.496 e. The molecule has 3 aromatic rings. The minimum absolute atomic E-state index is 0.344. The number of rotatable bonds is 6. The Hall–Kier alpha value is -3.96. The van der Waals surface area contributed by atoms with Crippen LogP contribution >= 0.6 is 12.2 Å². The van der Waals surface area contributed by atoms with Gasteiger partial charge >= 0.3 is 0 Å². The van der Waals surface area contributed by atoms with Crippen LogP contribution in [0, 0.1) is 33.5 Å². The molecule has 3 atom stereocenters. The quantitative estimate of drug-likeness (QED) is 0.441. The van der Waals surface area contributed by atoms with Crippen molar-refractivity contribution >= 4 is 23.0 Å². The van der Waals surface area contributed by atoms with Gasteiger partial charge in [0, 0.05) is 24.6 Å². The van der Waals surface area contributed by atoms with Crippen molar-refractivity contribution in [1.29, 1.82) is 10.5 Å². The average molecular weight is 527 g/mol. The molecule has 2 saturated heterocycles. The number of amidine groups is 1. The van der Waals surface area contributed by atoms with Crippen molar-refractivity contribution in [2.24, 2.45) is 15.8 Å². The Labute approximate surface area is 226 Å². The molecule has 192 valence electrons. The van der Waals surface area contributed by atoms with E-state index in [2.05, 4.69) is 21.9 Å². The fourth-order valence-electron chi connectivity index (χ4n) is 6.29. The Morgan fingerprint density at radius 1 is 0.974 bits per heavy atom. The predicted octanol–water partition coefficient (Wildman–Crippen LogP) is 3.97. The third-order valence-electron chi connectivity index (χ3n) is 7.74. The van der Waals surface area contributed by atoms with Crippen LogP contribution in [0.15, 0.2) is 74.9 Å². The fraction of sp³-hybridized carbons (Fsp3) is 0.357. The second kappa shape index (κ2) is 9.41. The molecule has 0 aliphatic carbocycles. The molecule has 2 aromatic heterocycles. The van der Waals surface area contributed by atoms with Crippen LogP contribution in [0.5, 0.6) is 5.75 Å². The monoisotopic (exact) mass is 526 g/mol. The van der Waals surface area contributed by atoms with Gasteiger partial charge in [0.2, 0.25) is 0 Å². The Morgan fingerprint density at radius 2 is 1.63 bits per heavy atom. The lowest BCUT2D eigenvalue weighted by molar-refractivity contribution is 0.0471. The number of furan rings is 2. The number of likely N-dealkylation sites (tertiary alicyclic amines) is 1. The number of thiocarbonyl (C=S) groups is 1. The summed E-state index contributed by atoms with van der Waals surface area (Å²) in [5.74, 6) is 2.24. The summed E-state index contributed by atoms with van der Waals surface area (Å²) in [4.78, 5) is 11.5. The molecular weight excluding hydrogens is 500 g/mol. The van der Waals surface area contributed by atoms with Crippen LogP contribution in [0.2, 0.25) is 0 Å². The molecule has 2 fully saturated rings. The summed E-state index contributed by atoms with van der Waals surface area (Å²) in [6, 6.07) is 20.4. The van der Waals surface area contributed by atoms with E-state index in [0.717, 1.165) is 17.1 Å². The van der Waals surface area contributed by atoms with E-state index < -0.39 is 16.7 Å². The zero-order chi connectivity index (χ0) is 26.3. The van der Waals surface area contributed by atoms with Crippen LogP contribution in [0.3, 0.4) is 0 Å². The van der Waals surface area contributed by atoms with E-state index in [0.29, 0.717) is 56.1 Å². The summed E-state index contributed by atoms with van der Waals surface area (Å²) < 4.78 is 16.9. The van der Waals surface area contributed by atoms with Gasteiger partial charge in [0.1, 0.15) is 38.9 Å². The first-order chi connectivity index (χ1) is 18.5. The molecular formula is C28H26N6O3S. The second-order valence-electron chi connectivity index (χ2n) is 9.97. The number of fused-ring (bicyclic) bond motifs is 4. The average Bonchev–Trinajstić information content (AvgIpc) is 3.66. The Bertz CT molecular complexity index is 1460. The molecule has 0 unspecified atom stereocenters. The van der Waals surface area contributed by atoms with Crippen LogP contribution in [-0.2, 0) is 13.1 Å². The van der Waals surface area contributed by atoms with Gasteiger partial charge in [-0.3, -0.25) is 14.8 Å². The number of benzene rings is 1. The minimum atomic E-state index is -1.18. The SMILES string of the molecule is COc1ccccc1[C@@H]1[C@]2(C#N)CN(Cc3ccco3)C[C@]1(C#N)C1=NCN(Cc3ccco3)CN1C2=S. The van der Waals surface area contributed by atoms with E-state index >= 15 is 0 Å². The molecule has 5 heterocycles. The second-order valence-corrected chi connectivity index (χ2v) is 10.4. The van der Waals surface area contributed by atoms with Crippen molar-refractivity contribution < 1.29 is 13.6 Å². The summed E-state index contributed by atoms with van der Waals surface area (Å²) in [6.45, 7) is 2.52. The number of hydrogen-bond donors (Lipinski definition) is 0. The molecule has 0 saturated carbocycles. The van der Waals surface area contributed by atoms with E-state index in [4.69, 9.17) is 30.8 Å². The molecule has 0 N–H and O–H groups in total. The fourth-order valence-corrected chi connectivity index (χ4v) is 6.67. The van der Waals surface area contributed by atoms with E-state index in [1.165, 1.54) is 0 Å². The standard InChI is InChI=1S/C28H26N6O3S/c1-35-23-9-3-2-8-22(23)24-27(14-29)16-32(12-20-6-4-10-36-20)17-28(24,15-30)26(38)34-19-33(18-31-25(27)34)13-21-7-5-11-37-21/h2-11,24H,12-13,16-19H2,1H3/t24-,27-,28-/m0/s1. The van der Waals surface area contributed by atoms with Gasteiger partial charge in [-0.25, -0.2) is 0 Å². The van der Waals surface area contributed by atoms with Gasteiger partial charge in [0.25, 0.3) is 0 Å². The summed E-state index contributed by atoms with van der Waals surface area (Å²) in [6.07, 6.45) is 3.27. The molecule has 2 bridgehead atoms. The van der Waals surface area contributed by atoms with Crippen molar-refractivity contribution in [3.8, 4) is 17.9 Å². The number of ether oxygens (including phenoxy) is 1. The highest BCUT2D eigenvalue weighted by molar-refractivity contribution is 7.80. The molecule has 6 rings (SSSR count). The van der Waals surface area contributed by atoms with Crippen molar-refractivity contribution in [2.45, 2.75) is 19.0 Å². The molecule has 3 aliphatic heterocycles. The first-order valence-electron chi connectivity index (χ1n) is 12.4. The smallest absolute Gasteiger partial charge is 0.136 e. The highest BCUT2D eigenvalue weighted by Gasteiger charge is 2.68. The van der Waals surface area contributed by atoms with Gasteiger partial charge in [-0.05, 0) is 30.3 Å². The van der Waals surface area contributed by atoms with Crippen molar-refractivity contribution in [3.63, 3.8) is 0 Å². The van der Waals surface area contributed by atoms with E-state index in [9.17, 15) is 10.5 Å². The molecule has 0 radical (unpaired) electrons. The van der Waals surface area contributed by atoms with E-state index in [1.54, 1.807) is 19.6 Å². The summed E-state index contributed by atoms with van der Waals surface area (Å²) in [5.41, 5.74) is -1.54. The molecule has 9 nitrogen and oxygen atoms in total. The van der Waals surface area contributed by atoms with Gasteiger partial charge in [-0.1, -0.05) is 30.4 Å². The summed E-state index contributed by atoms with van der Waals surface area (Å²) in [7, 11) is 1.61. The number of piperidine rings is 2. The Morgan fingerprint density at radius 3 is 2.26 bits per heavy atom. The molecule has 0 spiro atoms. The Balaban J connectivity index is 1.50. The van der Waals surface area contributed by atoms with Gasteiger partial charge in [-0.2, -0.15) is 10.5 Å². The van der Waals surface area contributed by atoms with E-state index in [-0.39, 0.29) is 0 Å². The topological polar surface area (TPSA) is 105 Å². The van der Waals surface area contributed by atoms with Gasteiger partial charge in [0.15, 0.2) is 0 Å². The van der Waals surface area contributed by atoms with E-state index in [1.807, 2.05) is 53.4 Å². The van der Waals surface area contributed by atoms with Crippen LogP contribution < -0.4 is 4.74 Å². The normalized spacial score (nSPS) is 27.2. The lowest BCUT2D eigenvalue weighted by atomic mass is 9.53. The molecule has 10 heteroatoms. The number of nitriles is 2. The van der Waals surface area contributed by atoms with Gasteiger partial charge in [-0.15, -0.1) is 0 Å². The number of hydrogen-bond acceptors (Lipinski definition) is 9. The number of nitrogens with zero attached hydrogens (tertiary/aromatic N) is 6. The maximum Gasteiger partial charge on any atom is 0.136 e. The van der Waals surface area contributed by atoms with Crippen molar-refractivity contribution in [1.82, 2.24) is 14.7 Å². The minimum Gasteiger partial charge on any atom is -0.496 e. The zero-order valence-corrected chi connectivity index (χ0v) is 21.7. The summed E-state index contributed by atoms with van der Waals surface area (Å²) >= 11 is 6.15. The van der Waals surface area contributed by atoms with Crippen molar-refractivity contribution in [2.75, 3.05) is 33.5 Å². The van der Waals surface area contributed by atoms with Crippen LogP contribution in [0.25, 0.3) is 0 Å². The third-order valence-corrected chi connectivity index (χ3v) is 8.33. The first kappa shape index (κ1) is 24.4. The lowest BCUT2D eigenvalue weighted by Gasteiger charge is -2.60. The number of aliphatic imine (C=N–C) groups is 1. The highest BCUT2D eigenvalue weighted by atomic mass is 32.1. The van der Waals surface area contributed by atoms with Crippen LogP contribution in [-0.4, -0.2) is 59.1 Å².